The lowest BCUT2D eigenvalue weighted by Crippen LogP contribution is -2.43. The van der Waals surface area contributed by atoms with Crippen LogP contribution in [0, 0.1) is 12.8 Å². The Bertz CT molecular complexity index is 781. The summed E-state index contributed by atoms with van der Waals surface area (Å²) < 4.78 is 7.21. The normalized spacial score (nSPS) is 12.8. The summed E-state index contributed by atoms with van der Waals surface area (Å²) in [4.78, 5) is 4.76. The van der Waals surface area contributed by atoms with Crippen molar-refractivity contribution in [2.45, 2.75) is 66.0 Å². The second kappa shape index (κ2) is 12.2. The molecule has 1 aromatic carbocycles. The quantitative estimate of drug-likeness (QED) is 0.434. The molecule has 30 heavy (non-hydrogen) atoms. The van der Waals surface area contributed by atoms with Crippen LogP contribution in [0.15, 0.2) is 29.3 Å². The lowest BCUT2D eigenvalue weighted by molar-refractivity contribution is 0.414. The minimum absolute atomic E-state index is 0.359. The Labute approximate surface area is 181 Å². The first-order chi connectivity index (χ1) is 14.4. The van der Waals surface area contributed by atoms with Crippen molar-refractivity contribution in [2.24, 2.45) is 18.0 Å². The first kappa shape index (κ1) is 23.7. The molecule has 1 aromatic heterocycles. The number of aliphatic imine (C=N–C) groups is 1. The van der Waals surface area contributed by atoms with Gasteiger partial charge in [-0.3, -0.25) is 0 Å². The molecule has 2 N–H and O–H groups in total. The van der Waals surface area contributed by atoms with E-state index in [9.17, 15) is 0 Å². The smallest absolute Gasteiger partial charge is 0.191 e. The molecule has 0 amide bonds. The average Bonchev–Trinajstić information content (AvgIpc) is 3.04. The third-order valence-corrected chi connectivity index (χ3v) is 5.23. The van der Waals surface area contributed by atoms with Gasteiger partial charge in [-0.05, 0) is 50.3 Å². The molecule has 0 saturated carbocycles. The number of aryl methyl sites for hydroxylation is 1. The zero-order valence-corrected chi connectivity index (χ0v) is 19.4. The summed E-state index contributed by atoms with van der Waals surface area (Å²) in [7, 11) is 3.66. The fourth-order valence-electron chi connectivity index (χ4n) is 3.15. The monoisotopic (exact) mass is 414 g/mol. The SMILES string of the molecule is COc1ccc(CCNC(=NCc2nnc(C)n2C)NC(C)CCCC(C)C)cc1. The van der Waals surface area contributed by atoms with Crippen LogP contribution in [0.5, 0.6) is 5.75 Å². The first-order valence-corrected chi connectivity index (χ1v) is 10.9. The molecule has 2 rings (SSSR count). The first-order valence-electron chi connectivity index (χ1n) is 10.9. The number of nitrogens with zero attached hydrogens (tertiary/aromatic N) is 4. The molecule has 0 radical (unpaired) electrons. The molecule has 0 bridgehead atoms. The van der Waals surface area contributed by atoms with Crippen LogP contribution in [-0.4, -0.2) is 40.4 Å². The summed E-state index contributed by atoms with van der Waals surface area (Å²) in [5, 5.41) is 15.4. The van der Waals surface area contributed by atoms with Crippen molar-refractivity contribution in [3.63, 3.8) is 0 Å². The third-order valence-electron chi connectivity index (χ3n) is 5.23. The predicted octanol–water partition coefficient (Wildman–Crippen LogP) is 3.62. The maximum atomic E-state index is 5.23. The van der Waals surface area contributed by atoms with Gasteiger partial charge in [-0.2, -0.15) is 0 Å². The van der Waals surface area contributed by atoms with Crippen LogP contribution in [0.25, 0.3) is 0 Å². The summed E-state index contributed by atoms with van der Waals surface area (Å²) in [5.41, 5.74) is 1.26. The number of nitrogens with one attached hydrogen (secondary N) is 2. The second-order valence-corrected chi connectivity index (χ2v) is 8.28. The average molecular weight is 415 g/mol. The van der Waals surface area contributed by atoms with Crippen LogP contribution < -0.4 is 15.4 Å². The summed E-state index contributed by atoms with van der Waals surface area (Å²) >= 11 is 0. The van der Waals surface area contributed by atoms with Gasteiger partial charge in [0.25, 0.3) is 0 Å². The van der Waals surface area contributed by atoms with Crippen molar-refractivity contribution in [3.05, 3.63) is 41.5 Å². The van der Waals surface area contributed by atoms with E-state index in [0.717, 1.165) is 48.7 Å². The van der Waals surface area contributed by atoms with Gasteiger partial charge in [0.05, 0.1) is 7.11 Å². The molecule has 1 heterocycles. The molecule has 166 valence electrons. The highest BCUT2D eigenvalue weighted by Gasteiger charge is 2.09. The molecule has 7 heteroatoms. The van der Waals surface area contributed by atoms with Crippen LogP contribution in [0.2, 0.25) is 0 Å². The fourth-order valence-corrected chi connectivity index (χ4v) is 3.15. The van der Waals surface area contributed by atoms with E-state index in [1.165, 1.54) is 18.4 Å². The maximum absolute atomic E-state index is 5.23. The van der Waals surface area contributed by atoms with Crippen molar-refractivity contribution in [1.29, 1.82) is 0 Å². The Kier molecular flexibility index (Phi) is 9.64. The van der Waals surface area contributed by atoms with E-state index in [4.69, 9.17) is 9.73 Å². The van der Waals surface area contributed by atoms with E-state index in [0.29, 0.717) is 12.6 Å². The van der Waals surface area contributed by atoms with Gasteiger partial charge in [-0.15, -0.1) is 10.2 Å². The van der Waals surface area contributed by atoms with Crippen LogP contribution >= 0.6 is 0 Å². The molecule has 7 nitrogen and oxygen atoms in total. The van der Waals surface area contributed by atoms with E-state index >= 15 is 0 Å². The molecule has 1 unspecified atom stereocenters. The van der Waals surface area contributed by atoms with Gasteiger partial charge in [-0.25, -0.2) is 4.99 Å². The summed E-state index contributed by atoms with van der Waals surface area (Å²) in [5.74, 6) is 4.19. The maximum Gasteiger partial charge on any atom is 0.191 e. The zero-order valence-electron chi connectivity index (χ0n) is 19.4. The van der Waals surface area contributed by atoms with Crippen LogP contribution in [0.4, 0.5) is 0 Å². The molecular weight excluding hydrogens is 376 g/mol. The number of rotatable bonds is 11. The summed E-state index contributed by atoms with van der Waals surface area (Å²) in [6, 6.07) is 8.55. The van der Waals surface area contributed by atoms with Crippen molar-refractivity contribution < 1.29 is 4.74 Å². The Hall–Kier alpha value is -2.57. The van der Waals surface area contributed by atoms with Gasteiger partial charge in [0, 0.05) is 19.6 Å². The Balaban J connectivity index is 1.94. The molecule has 0 aliphatic heterocycles. The summed E-state index contributed by atoms with van der Waals surface area (Å²) in [6.07, 6.45) is 4.50. The Morgan fingerprint density at radius 1 is 1.13 bits per heavy atom. The van der Waals surface area contributed by atoms with Gasteiger partial charge in [0.2, 0.25) is 0 Å². The molecule has 0 spiro atoms. The van der Waals surface area contributed by atoms with Crippen LogP contribution in [0.3, 0.4) is 0 Å². The van der Waals surface area contributed by atoms with Crippen molar-refractivity contribution in [2.75, 3.05) is 13.7 Å². The summed E-state index contributed by atoms with van der Waals surface area (Å²) in [6.45, 7) is 10.0. The standard InChI is InChI=1S/C23H38N6O/c1-17(2)8-7-9-18(3)26-23(25-16-22-28-27-19(4)29(22)5)24-15-14-20-10-12-21(30-6)13-11-20/h10-13,17-18H,7-9,14-16H2,1-6H3,(H2,24,25,26). The number of ether oxygens (including phenoxy) is 1. The molecule has 1 atom stereocenters. The van der Waals surface area contributed by atoms with Gasteiger partial charge in [0.15, 0.2) is 11.8 Å². The molecule has 0 aliphatic rings. The molecule has 2 aromatic rings. The number of hydrogen-bond acceptors (Lipinski definition) is 4. The molecule has 0 fully saturated rings. The van der Waals surface area contributed by atoms with Crippen molar-refractivity contribution >= 4 is 5.96 Å². The second-order valence-electron chi connectivity index (χ2n) is 8.28. The van der Waals surface area contributed by atoms with Crippen molar-refractivity contribution in [3.8, 4) is 5.75 Å². The highest BCUT2D eigenvalue weighted by molar-refractivity contribution is 5.80. The Morgan fingerprint density at radius 2 is 1.87 bits per heavy atom. The molecule has 0 aliphatic carbocycles. The van der Waals surface area contributed by atoms with Gasteiger partial charge in [0.1, 0.15) is 18.1 Å². The number of aromatic nitrogens is 3. The molecular formula is C23H38N6O. The zero-order chi connectivity index (χ0) is 21.9. The van der Waals surface area contributed by atoms with Crippen LogP contribution in [-0.2, 0) is 20.0 Å². The minimum atomic E-state index is 0.359. The number of methoxy groups -OCH3 is 1. The third kappa shape index (κ3) is 8.05. The van der Waals surface area contributed by atoms with Crippen LogP contribution in [0.1, 0.15) is 57.2 Å². The van der Waals surface area contributed by atoms with Gasteiger partial charge in [-0.1, -0.05) is 38.8 Å². The number of benzene rings is 1. The lowest BCUT2D eigenvalue weighted by Gasteiger charge is -2.19. The van der Waals surface area contributed by atoms with Crippen molar-refractivity contribution in [1.82, 2.24) is 25.4 Å². The van der Waals surface area contributed by atoms with E-state index in [-0.39, 0.29) is 0 Å². The highest BCUT2D eigenvalue weighted by atomic mass is 16.5. The topological polar surface area (TPSA) is 76.4 Å². The van der Waals surface area contributed by atoms with E-state index in [1.807, 2.05) is 30.7 Å². The fraction of sp³-hybridized carbons (Fsp3) is 0.609. The molecule has 0 saturated heterocycles. The number of guanidine groups is 1. The lowest BCUT2D eigenvalue weighted by atomic mass is 10.0. The van der Waals surface area contributed by atoms with Gasteiger partial charge < -0.3 is 19.9 Å². The largest absolute Gasteiger partial charge is 0.497 e. The predicted molar refractivity (Wildman–Crippen MR) is 123 cm³/mol. The van der Waals surface area contributed by atoms with E-state index < -0.39 is 0 Å². The van der Waals surface area contributed by atoms with Gasteiger partial charge >= 0.3 is 0 Å². The highest BCUT2D eigenvalue weighted by Crippen LogP contribution is 2.11. The minimum Gasteiger partial charge on any atom is -0.497 e. The Morgan fingerprint density at radius 3 is 2.47 bits per heavy atom. The van der Waals surface area contributed by atoms with E-state index in [2.05, 4.69) is 53.7 Å². The number of hydrogen-bond donors (Lipinski definition) is 2. The van der Waals surface area contributed by atoms with E-state index in [1.54, 1.807) is 7.11 Å².